The lowest BCUT2D eigenvalue weighted by molar-refractivity contribution is -0.117. The van der Waals surface area contributed by atoms with Crippen molar-refractivity contribution in [3.05, 3.63) is 57.1 Å². The zero-order chi connectivity index (χ0) is 19.7. The Morgan fingerprint density at radius 2 is 2.18 bits per heavy atom. The van der Waals surface area contributed by atoms with Crippen LogP contribution in [-0.4, -0.2) is 27.8 Å². The quantitative estimate of drug-likeness (QED) is 0.712. The van der Waals surface area contributed by atoms with Gasteiger partial charge in [-0.2, -0.15) is 5.10 Å². The third-order valence-corrected chi connectivity index (χ3v) is 5.51. The Morgan fingerprint density at radius 3 is 2.96 bits per heavy atom. The molecule has 28 heavy (non-hydrogen) atoms. The molecule has 3 aromatic rings. The zero-order valence-electron chi connectivity index (χ0n) is 15.1. The normalized spacial score (nSPS) is 12.6. The predicted molar refractivity (Wildman–Crippen MR) is 103 cm³/mol. The first kappa shape index (κ1) is 18.3. The van der Waals surface area contributed by atoms with E-state index >= 15 is 0 Å². The molecule has 1 amide bonds. The molecule has 0 saturated heterocycles. The van der Waals surface area contributed by atoms with Crippen LogP contribution < -0.4 is 15.6 Å². The summed E-state index contributed by atoms with van der Waals surface area (Å²) in [5, 5.41) is 7.51. The number of ether oxygens (including phenoxy) is 1. The number of nitrogens with zero attached hydrogens (tertiary/aromatic N) is 3. The van der Waals surface area contributed by atoms with E-state index in [1.165, 1.54) is 53.7 Å². The highest BCUT2D eigenvalue weighted by molar-refractivity contribution is 7.15. The summed E-state index contributed by atoms with van der Waals surface area (Å²) in [6.45, 7) is -0.250. The minimum atomic E-state index is -0.441. The van der Waals surface area contributed by atoms with Gasteiger partial charge in [0.05, 0.1) is 18.5 Å². The number of halogens is 1. The van der Waals surface area contributed by atoms with Crippen molar-refractivity contribution >= 4 is 22.4 Å². The maximum Gasteiger partial charge on any atom is 0.267 e. The maximum atomic E-state index is 13.4. The molecule has 144 valence electrons. The summed E-state index contributed by atoms with van der Waals surface area (Å²) in [7, 11) is 1.42. The van der Waals surface area contributed by atoms with E-state index in [0.717, 1.165) is 29.6 Å². The number of amides is 1. The molecule has 0 saturated carbocycles. The first-order valence-electron chi connectivity index (χ1n) is 8.74. The van der Waals surface area contributed by atoms with E-state index in [0.29, 0.717) is 22.1 Å². The van der Waals surface area contributed by atoms with Crippen LogP contribution >= 0.6 is 11.3 Å². The standard InChI is InChI=1S/C19H17FN4O3S/c1-27-15-9-11(20)5-6-12(15)13-7-8-18(26)24(23-13)10-17(25)22-19-21-14-3-2-4-16(14)28-19/h5-9H,2-4,10H2,1H3,(H,21,22,25). The van der Waals surface area contributed by atoms with Gasteiger partial charge in [0, 0.05) is 22.6 Å². The number of fused-ring (bicyclic) bond motifs is 1. The molecule has 1 aromatic carbocycles. The summed E-state index contributed by atoms with van der Waals surface area (Å²) in [6.07, 6.45) is 3.02. The minimum absolute atomic E-state index is 0.250. The van der Waals surface area contributed by atoms with Gasteiger partial charge in [-0.3, -0.25) is 9.59 Å². The van der Waals surface area contributed by atoms with E-state index in [1.807, 2.05) is 0 Å². The molecule has 7 nitrogen and oxygen atoms in total. The number of anilines is 1. The summed E-state index contributed by atoms with van der Waals surface area (Å²) in [5.74, 6) is -0.534. The molecule has 1 N–H and O–H groups in total. The van der Waals surface area contributed by atoms with Crippen LogP contribution in [-0.2, 0) is 24.2 Å². The number of aromatic nitrogens is 3. The van der Waals surface area contributed by atoms with Crippen molar-refractivity contribution in [1.82, 2.24) is 14.8 Å². The van der Waals surface area contributed by atoms with Crippen molar-refractivity contribution < 1.29 is 13.9 Å². The molecule has 0 fully saturated rings. The number of hydrogen-bond donors (Lipinski definition) is 1. The van der Waals surface area contributed by atoms with Gasteiger partial charge in [0.15, 0.2) is 5.13 Å². The van der Waals surface area contributed by atoms with E-state index in [4.69, 9.17) is 4.74 Å². The average Bonchev–Trinajstić information content (AvgIpc) is 3.25. The van der Waals surface area contributed by atoms with E-state index in [2.05, 4.69) is 15.4 Å². The lowest BCUT2D eigenvalue weighted by Gasteiger charge is -2.10. The number of nitrogens with one attached hydrogen (secondary N) is 1. The minimum Gasteiger partial charge on any atom is -0.496 e. The topological polar surface area (TPSA) is 86.1 Å². The Kier molecular flexibility index (Phi) is 4.91. The molecule has 9 heteroatoms. The van der Waals surface area contributed by atoms with Crippen LogP contribution in [0.4, 0.5) is 9.52 Å². The van der Waals surface area contributed by atoms with Gasteiger partial charge in [-0.1, -0.05) is 0 Å². The van der Waals surface area contributed by atoms with Crippen molar-refractivity contribution in [2.75, 3.05) is 12.4 Å². The fourth-order valence-corrected chi connectivity index (χ4v) is 4.19. The van der Waals surface area contributed by atoms with E-state index in [-0.39, 0.29) is 12.5 Å². The fraction of sp³-hybridized carbons (Fsp3) is 0.263. The molecular weight excluding hydrogens is 383 g/mol. The van der Waals surface area contributed by atoms with Crippen molar-refractivity contribution in [3.8, 4) is 17.0 Å². The molecule has 0 atom stereocenters. The number of methoxy groups -OCH3 is 1. The van der Waals surface area contributed by atoms with Gasteiger partial charge < -0.3 is 10.1 Å². The summed E-state index contributed by atoms with van der Waals surface area (Å²) >= 11 is 1.47. The van der Waals surface area contributed by atoms with Gasteiger partial charge >= 0.3 is 0 Å². The highest BCUT2D eigenvalue weighted by Crippen LogP contribution is 2.30. The van der Waals surface area contributed by atoms with Gasteiger partial charge in [0.25, 0.3) is 5.56 Å². The monoisotopic (exact) mass is 400 g/mol. The lowest BCUT2D eigenvalue weighted by atomic mass is 10.1. The Morgan fingerprint density at radius 1 is 1.32 bits per heavy atom. The fourth-order valence-electron chi connectivity index (χ4n) is 3.12. The SMILES string of the molecule is COc1cc(F)ccc1-c1ccc(=O)n(CC(=O)Nc2nc3c(s2)CCC3)n1. The zero-order valence-corrected chi connectivity index (χ0v) is 15.9. The summed E-state index contributed by atoms with van der Waals surface area (Å²) < 4.78 is 19.7. The summed E-state index contributed by atoms with van der Waals surface area (Å²) in [6, 6.07) is 6.86. The van der Waals surface area contributed by atoms with Gasteiger partial charge in [-0.05, 0) is 37.5 Å². The van der Waals surface area contributed by atoms with E-state index < -0.39 is 11.4 Å². The third kappa shape index (κ3) is 3.65. The average molecular weight is 400 g/mol. The number of hydrogen-bond acceptors (Lipinski definition) is 6. The maximum absolute atomic E-state index is 13.4. The van der Waals surface area contributed by atoms with Crippen LogP contribution in [0.15, 0.2) is 35.1 Å². The first-order chi connectivity index (χ1) is 13.5. The largest absolute Gasteiger partial charge is 0.496 e. The molecular formula is C19H17FN4O3S. The Balaban J connectivity index is 1.55. The smallest absolute Gasteiger partial charge is 0.267 e. The van der Waals surface area contributed by atoms with Crippen molar-refractivity contribution in [2.24, 2.45) is 0 Å². The molecule has 2 heterocycles. The predicted octanol–water partition coefficient (Wildman–Crippen LogP) is 2.64. The van der Waals surface area contributed by atoms with Crippen molar-refractivity contribution in [2.45, 2.75) is 25.8 Å². The molecule has 1 aliphatic carbocycles. The second-order valence-corrected chi connectivity index (χ2v) is 7.43. The number of thiazole rings is 1. The molecule has 0 bridgehead atoms. The number of benzene rings is 1. The van der Waals surface area contributed by atoms with Crippen molar-refractivity contribution in [3.63, 3.8) is 0 Å². The summed E-state index contributed by atoms with van der Waals surface area (Å²) in [4.78, 5) is 30.1. The number of rotatable bonds is 5. The highest BCUT2D eigenvalue weighted by Gasteiger charge is 2.18. The van der Waals surface area contributed by atoms with Crippen LogP contribution in [0.3, 0.4) is 0 Å². The van der Waals surface area contributed by atoms with E-state index in [1.54, 1.807) is 0 Å². The highest BCUT2D eigenvalue weighted by atomic mass is 32.1. The lowest BCUT2D eigenvalue weighted by Crippen LogP contribution is -2.29. The second-order valence-electron chi connectivity index (χ2n) is 6.35. The molecule has 0 spiro atoms. The number of carbonyl (C=O) groups excluding carboxylic acids is 1. The van der Waals surface area contributed by atoms with Crippen LogP contribution in [0.1, 0.15) is 17.0 Å². The van der Waals surface area contributed by atoms with Gasteiger partial charge in [0.2, 0.25) is 5.91 Å². The molecule has 2 aromatic heterocycles. The van der Waals surface area contributed by atoms with Crippen molar-refractivity contribution in [1.29, 1.82) is 0 Å². The molecule has 0 unspecified atom stereocenters. The van der Waals surface area contributed by atoms with Crippen LogP contribution in [0.2, 0.25) is 0 Å². The number of aryl methyl sites for hydroxylation is 2. The number of carbonyl (C=O) groups is 1. The Labute approximate surface area is 163 Å². The van der Waals surface area contributed by atoms with Gasteiger partial charge in [0.1, 0.15) is 18.1 Å². The molecule has 0 aliphatic heterocycles. The van der Waals surface area contributed by atoms with Crippen LogP contribution in [0.5, 0.6) is 5.75 Å². The Hall–Kier alpha value is -3.07. The molecule has 1 aliphatic rings. The second kappa shape index (κ2) is 7.51. The molecule has 4 rings (SSSR count). The van der Waals surface area contributed by atoms with Crippen LogP contribution in [0.25, 0.3) is 11.3 Å². The van der Waals surface area contributed by atoms with Gasteiger partial charge in [-0.25, -0.2) is 14.1 Å². The molecule has 0 radical (unpaired) electrons. The summed E-state index contributed by atoms with van der Waals surface area (Å²) in [5.41, 5.74) is 1.55. The van der Waals surface area contributed by atoms with E-state index in [9.17, 15) is 14.0 Å². The van der Waals surface area contributed by atoms with Gasteiger partial charge in [-0.15, -0.1) is 11.3 Å². The first-order valence-corrected chi connectivity index (χ1v) is 9.55. The Bertz CT molecular complexity index is 1090. The third-order valence-electron chi connectivity index (χ3n) is 4.44. The van der Waals surface area contributed by atoms with Crippen LogP contribution in [0, 0.1) is 5.82 Å².